The molecule has 0 bridgehead atoms. The summed E-state index contributed by atoms with van der Waals surface area (Å²) >= 11 is 0. The van der Waals surface area contributed by atoms with Crippen molar-refractivity contribution < 1.29 is 8.42 Å². The van der Waals surface area contributed by atoms with Gasteiger partial charge in [-0.2, -0.15) is 0 Å². The van der Waals surface area contributed by atoms with Gasteiger partial charge in [-0.15, -0.1) is 0 Å². The molecule has 4 nitrogen and oxygen atoms in total. The predicted octanol–water partition coefficient (Wildman–Crippen LogP) is 2.23. The van der Waals surface area contributed by atoms with E-state index in [-0.39, 0.29) is 21.4 Å². The van der Waals surface area contributed by atoms with Crippen LogP contribution in [0.3, 0.4) is 0 Å². The van der Waals surface area contributed by atoms with Crippen LogP contribution in [0.2, 0.25) is 0 Å². The highest BCUT2D eigenvalue weighted by atomic mass is 32.2. The fraction of sp³-hybridized carbons (Fsp3) is 0.571. The fourth-order valence-electron chi connectivity index (χ4n) is 2.84. The van der Waals surface area contributed by atoms with E-state index in [2.05, 4.69) is 32.4 Å². The van der Waals surface area contributed by atoms with Gasteiger partial charge in [0.2, 0.25) is 10.0 Å². The van der Waals surface area contributed by atoms with Gasteiger partial charge in [-0.25, -0.2) is 13.1 Å². The van der Waals surface area contributed by atoms with Crippen LogP contribution in [0.25, 0.3) is 0 Å². The van der Waals surface area contributed by atoms with Crippen molar-refractivity contribution in [1.82, 2.24) is 4.72 Å². The van der Waals surface area contributed by atoms with Gasteiger partial charge in [-0.05, 0) is 28.9 Å². The Morgan fingerprint density at radius 2 is 1.68 bits per heavy atom. The average Bonchev–Trinajstić information content (AvgIpc) is 2.67. The fourth-order valence-corrected chi connectivity index (χ4v) is 4.02. The number of anilines is 1. The first-order valence-electron chi connectivity index (χ1n) is 6.45. The molecule has 1 aromatic carbocycles. The van der Waals surface area contributed by atoms with E-state index in [1.54, 1.807) is 18.2 Å². The molecule has 5 heteroatoms. The van der Waals surface area contributed by atoms with Crippen molar-refractivity contribution in [2.45, 2.75) is 32.6 Å². The molecule has 1 aliphatic carbocycles. The van der Waals surface area contributed by atoms with Gasteiger partial charge in [-0.3, -0.25) is 0 Å². The van der Waals surface area contributed by atoms with Gasteiger partial charge >= 0.3 is 0 Å². The zero-order chi connectivity index (χ0) is 14.5. The van der Waals surface area contributed by atoms with Crippen LogP contribution in [0, 0.1) is 16.7 Å². The smallest absolute Gasteiger partial charge is 0.242 e. The lowest BCUT2D eigenvalue weighted by Crippen LogP contribution is -2.28. The minimum absolute atomic E-state index is 0.159. The second-order valence-corrected chi connectivity index (χ2v) is 8.12. The van der Waals surface area contributed by atoms with E-state index in [0.717, 1.165) is 0 Å². The van der Waals surface area contributed by atoms with E-state index in [1.165, 1.54) is 6.07 Å². The highest BCUT2D eigenvalue weighted by Crippen LogP contribution is 2.67. The third-order valence-electron chi connectivity index (χ3n) is 5.01. The van der Waals surface area contributed by atoms with Crippen LogP contribution in [-0.2, 0) is 10.0 Å². The standard InChI is InChI=1S/C14H22N2O2S/c1-13(2)12(14(13,3)4)9-16-19(17,18)11-8-6-5-7-10(11)15/h5-8,12,16H,9,15H2,1-4H3. The maximum Gasteiger partial charge on any atom is 0.242 e. The van der Waals surface area contributed by atoms with Crippen molar-refractivity contribution in [2.75, 3.05) is 12.3 Å². The number of hydrogen-bond donors (Lipinski definition) is 2. The summed E-state index contributed by atoms with van der Waals surface area (Å²) in [5, 5.41) is 0. The molecule has 0 aliphatic heterocycles. The molecule has 1 saturated carbocycles. The lowest BCUT2D eigenvalue weighted by Gasteiger charge is -2.09. The molecular weight excluding hydrogens is 260 g/mol. The van der Waals surface area contributed by atoms with Crippen LogP contribution in [0.15, 0.2) is 29.2 Å². The van der Waals surface area contributed by atoms with Gasteiger partial charge in [0.15, 0.2) is 0 Å². The molecule has 106 valence electrons. The van der Waals surface area contributed by atoms with Crippen molar-refractivity contribution in [1.29, 1.82) is 0 Å². The van der Waals surface area contributed by atoms with Crippen molar-refractivity contribution >= 4 is 15.7 Å². The van der Waals surface area contributed by atoms with Gasteiger partial charge in [0.1, 0.15) is 4.90 Å². The molecule has 2 rings (SSSR count). The number of nitrogens with one attached hydrogen (secondary N) is 1. The van der Waals surface area contributed by atoms with Crippen molar-refractivity contribution in [3.63, 3.8) is 0 Å². The molecule has 19 heavy (non-hydrogen) atoms. The second-order valence-electron chi connectivity index (χ2n) is 6.39. The van der Waals surface area contributed by atoms with Crippen LogP contribution in [0.5, 0.6) is 0 Å². The molecule has 0 spiro atoms. The molecule has 0 saturated heterocycles. The molecule has 1 fully saturated rings. The van der Waals surface area contributed by atoms with Crippen LogP contribution in [-0.4, -0.2) is 15.0 Å². The SMILES string of the molecule is CC1(C)C(CNS(=O)(=O)c2ccccc2N)C1(C)C. The molecule has 0 heterocycles. The molecule has 1 aromatic rings. The number of nitrogens with two attached hydrogens (primary N) is 1. The van der Waals surface area contributed by atoms with Crippen LogP contribution >= 0.6 is 0 Å². The largest absolute Gasteiger partial charge is 0.398 e. The molecule has 3 N–H and O–H groups in total. The van der Waals surface area contributed by atoms with Crippen molar-refractivity contribution in [2.24, 2.45) is 16.7 Å². The van der Waals surface area contributed by atoms with Crippen LogP contribution < -0.4 is 10.5 Å². The Hall–Kier alpha value is -1.07. The van der Waals surface area contributed by atoms with Gasteiger partial charge in [0.05, 0.1) is 5.69 Å². The van der Waals surface area contributed by atoms with E-state index in [9.17, 15) is 8.42 Å². The van der Waals surface area contributed by atoms with Gasteiger partial charge in [0.25, 0.3) is 0 Å². The summed E-state index contributed by atoms with van der Waals surface area (Å²) in [5.74, 6) is 0.347. The maximum absolute atomic E-state index is 12.2. The Morgan fingerprint density at radius 3 is 2.16 bits per heavy atom. The van der Waals surface area contributed by atoms with Gasteiger partial charge < -0.3 is 5.73 Å². The van der Waals surface area contributed by atoms with E-state index >= 15 is 0 Å². The lowest BCUT2D eigenvalue weighted by molar-refractivity contribution is 0.457. The number of hydrogen-bond acceptors (Lipinski definition) is 3. The number of benzene rings is 1. The summed E-state index contributed by atoms with van der Waals surface area (Å²) in [6.45, 7) is 9.13. The van der Waals surface area contributed by atoms with E-state index in [1.807, 2.05) is 0 Å². The Balaban J connectivity index is 2.11. The summed E-state index contributed by atoms with van der Waals surface area (Å²) in [7, 11) is -3.52. The maximum atomic E-state index is 12.2. The highest BCUT2D eigenvalue weighted by molar-refractivity contribution is 7.89. The minimum atomic E-state index is -3.52. The quantitative estimate of drug-likeness (QED) is 0.832. The number of nitrogen functional groups attached to an aromatic ring is 1. The first-order valence-corrected chi connectivity index (χ1v) is 7.93. The van der Waals surface area contributed by atoms with Crippen LogP contribution in [0.1, 0.15) is 27.7 Å². The molecule has 0 unspecified atom stereocenters. The topological polar surface area (TPSA) is 72.2 Å². The van der Waals surface area contributed by atoms with E-state index < -0.39 is 10.0 Å². The predicted molar refractivity (Wildman–Crippen MR) is 77.1 cm³/mol. The summed E-state index contributed by atoms with van der Waals surface area (Å²) in [6, 6.07) is 6.53. The number of para-hydroxylation sites is 1. The summed E-state index contributed by atoms with van der Waals surface area (Å²) in [6.07, 6.45) is 0. The Kier molecular flexibility index (Phi) is 3.18. The zero-order valence-electron chi connectivity index (χ0n) is 11.9. The van der Waals surface area contributed by atoms with E-state index in [4.69, 9.17) is 5.73 Å². The first kappa shape index (κ1) is 14.3. The van der Waals surface area contributed by atoms with Gasteiger partial charge in [-0.1, -0.05) is 39.8 Å². The molecule has 0 amide bonds. The number of sulfonamides is 1. The second kappa shape index (κ2) is 4.21. The van der Waals surface area contributed by atoms with Crippen molar-refractivity contribution in [3.05, 3.63) is 24.3 Å². The minimum Gasteiger partial charge on any atom is -0.398 e. The lowest BCUT2D eigenvalue weighted by atomic mass is 10.0. The molecule has 0 aromatic heterocycles. The number of rotatable bonds is 4. The normalized spacial score (nSPS) is 21.3. The molecular formula is C14H22N2O2S. The van der Waals surface area contributed by atoms with Gasteiger partial charge in [0, 0.05) is 6.54 Å². The molecule has 0 atom stereocenters. The van der Waals surface area contributed by atoms with Crippen LogP contribution in [0.4, 0.5) is 5.69 Å². The Bertz CT molecular complexity index is 577. The first-order chi connectivity index (χ1) is 8.61. The molecule has 1 aliphatic rings. The third kappa shape index (κ3) is 2.25. The average molecular weight is 282 g/mol. The Labute approximate surface area is 115 Å². The summed E-state index contributed by atoms with van der Waals surface area (Å²) in [4.78, 5) is 0.159. The Morgan fingerprint density at radius 1 is 1.16 bits per heavy atom. The summed E-state index contributed by atoms with van der Waals surface area (Å²) < 4.78 is 27.1. The monoisotopic (exact) mass is 282 g/mol. The van der Waals surface area contributed by atoms with E-state index in [0.29, 0.717) is 12.5 Å². The molecule has 0 radical (unpaired) electrons. The van der Waals surface area contributed by atoms with Crippen molar-refractivity contribution in [3.8, 4) is 0 Å². The zero-order valence-corrected chi connectivity index (χ0v) is 12.7. The third-order valence-corrected chi connectivity index (χ3v) is 6.50. The summed E-state index contributed by atoms with van der Waals surface area (Å²) in [5.41, 5.74) is 6.33. The highest BCUT2D eigenvalue weighted by Gasteiger charge is 2.64.